The fraction of sp³-hybridized carbons (Fsp3) is 0.312. The molecule has 1 unspecified atom stereocenters. The molecule has 3 amide bonds. The summed E-state index contributed by atoms with van der Waals surface area (Å²) >= 11 is 0. The lowest BCUT2D eigenvalue weighted by Gasteiger charge is -2.40. The van der Waals surface area contributed by atoms with Gasteiger partial charge in [-0.3, -0.25) is 4.79 Å². The van der Waals surface area contributed by atoms with Crippen LogP contribution in [0.25, 0.3) is 10.9 Å². The first-order chi connectivity index (χ1) is 18.9. The minimum atomic E-state index is -1.17. The summed E-state index contributed by atoms with van der Waals surface area (Å²) in [6.45, 7) is 9.19. The SMILES string of the molecule is CCCOc1cccc(C2CN3C(=O)N(c4ccccc4C)C(=O)[C@]3(C)c3[nH]c4ccccc4c32)c1OCC. The van der Waals surface area contributed by atoms with Gasteiger partial charge in [-0.05, 0) is 56.5 Å². The van der Waals surface area contributed by atoms with E-state index in [1.165, 1.54) is 4.90 Å². The van der Waals surface area contributed by atoms with Gasteiger partial charge in [0.25, 0.3) is 5.91 Å². The number of aromatic nitrogens is 1. The van der Waals surface area contributed by atoms with Crippen molar-refractivity contribution in [2.24, 2.45) is 0 Å². The first kappa shape index (κ1) is 25.0. The lowest BCUT2D eigenvalue weighted by atomic mass is 9.78. The second-order valence-corrected chi connectivity index (χ2v) is 10.4. The van der Waals surface area contributed by atoms with E-state index in [1.54, 1.807) is 4.90 Å². The number of H-pyrrole nitrogens is 1. The van der Waals surface area contributed by atoms with Crippen molar-refractivity contribution in [1.29, 1.82) is 0 Å². The van der Waals surface area contributed by atoms with Crippen LogP contribution in [0, 0.1) is 6.92 Å². The van der Waals surface area contributed by atoms with Gasteiger partial charge in [-0.1, -0.05) is 55.5 Å². The van der Waals surface area contributed by atoms with Crippen molar-refractivity contribution in [3.8, 4) is 11.5 Å². The number of carbonyl (C=O) groups is 2. The molecule has 2 aliphatic heterocycles. The zero-order valence-electron chi connectivity index (χ0n) is 22.8. The van der Waals surface area contributed by atoms with Crippen molar-refractivity contribution in [1.82, 2.24) is 9.88 Å². The third-order valence-electron chi connectivity index (χ3n) is 8.02. The number of aryl methyl sites for hydroxylation is 1. The van der Waals surface area contributed by atoms with Crippen LogP contribution < -0.4 is 14.4 Å². The van der Waals surface area contributed by atoms with Gasteiger partial charge in [0, 0.05) is 28.9 Å². The molecule has 0 bridgehead atoms. The molecular weight excluding hydrogens is 490 g/mol. The number of anilines is 1. The molecule has 1 N–H and O–H groups in total. The van der Waals surface area contributed by atoms with Crippen molar-refractivity contribution >= 4 is 28.5 Å². The fourth-order valence-corrected chi connectivity index (χ4v) is 6.13. The van der Waals surface area contributed by atoms with Crippen molar-refractivity contribution in [3.63, 3.8) is 0 Å². The summed E-state index contributed by atoms with van der Waals surface area (Å²) in [6.07, 6.45) is 0.878. The predicted octanol–water partition coefficient (Wildman–Crippen LogP) is 6.49. The van der Waals surface area contributed by atoms with Gasteiger partial charge in [0.05, 0.1) is 24.6 Å². The van der Waals surface area contributed by atoms with E-state index in [1.807, 2.05) is 81.4 Å². The van der Waals surface area contributed by atoms with Gasteiger partial charge in [0.2, 0.25) is 0 Å². The Balaban J connectivity index is 1.58. The average Bonchev–Trinajstić information content (AvgIpc) is 3.42. The van der Waals surface area contributed by atoms with E-state index in [4.69, 9.17) is 9.47 Å². The van der Waals surface area contributed by atoms with Crippen molar-refractivity contribution in [2.45, 2.75) is 45.6 Å². The van der Waals surface area contributed by atoms with E-state index >= 15 is 0 Å². The number of carbonyl (C=O) groups excluding carboxylic acids is 2. The molecule has 0 spiro atoms. The van der Waals surface area contributed by atoms with Gasteiger partial charge in [0.1, 0.15) is 0 Å². The molecule has 7 heteroatoms. The fourth-order valence-electron chi connectivity index (χ4n) is 6.13. The Kier molecular flexibility index (Phi) is 6.09. The summed E-state index contributed by atoms with van der Waals surface area (Å²) in [5.41, 5.74) is 3.95. The maximum Gasteiger partial charge on any atom is 0.332 e. The van der Waals surface area contributed by atoms with E-state index < -0.39 is 5.54 Å². The number of fused-ring (bicyclic) bond motifs is 5. The van der Waals surface area contributed by atoms with Gasteiger partial charge in [-0.25, -0.2) is 9.69 Å². The van der Waals surface area contributed by atoms with Crippen LogP contribution in [0.4, 0.5) is 10.5 Å². The molecule has 3 heterocycles. The number of nitrogens with one attached hydrogen (secondary N) is 1. The summed E-state index contributed by atoms with van der Waals surface area (Å²) in [4.78, 5) is 35.0. The van der Waals surface area contributed by atoms with Crippen LogP contribution in [-0.4, -0.2) is 41.6 Å². The van der Waals surface area contributed by atoms with Crippen molar-refractivity contribution in [2.75, 3.05) is 24.7 Å². The van der Waals surface area contributed by atoms with Crippen LogP contribution in [0.1, 0.15) is 55.5 Å². The number of aromatic amines is 1. The number of ether oxygens (including phenoxy) is 2. The van der Waals surface area contributed by atoms with Gasteiger partial charge in [0.15, 0.2) is 17.0 Å². The first-order valence-electron chi connectivity index (χ1n) is 13.6. The van der Waals surface area contributed by atoms with Crippen LogP contribution >= 0.6 is 0 Å². The Labute approximate surface area is 228 Å². The largest absolute Gasteiger partial charge is 0.490 e. The maximum atomic E-state index is 14.2. The van der Waals surface area contributed by atoms with Gasteiger partial charge < -0.3 is 19.4 Å². The molecule has 2 atom stereocenters. The van der Waals surface area contributed by atoms with Crippen LogP contribution in [0.2, 0.25) is 0 Å². The Morgan fingerprint density at radius 2 is 1.74 bits per heavy atom. The van der Waals surface area contributed by atoms with E-state index in [9.17, 15) is 9.59 Å². The molecule has 1 fully saturated rings. The minimum absolute atomic E-state index is 0.232. The third-order valence-corrected chi connectivity index (χ3v) is 8.02. The second-order valence-electron chi connectivity index (χ2n) is 10.4. The van der Waals surface area contributed by atoms with Crippen LogP contribution in [0.5, 0.6) is 11.5 Å². The van der Waals surface area contributed by atoms with Crippen LogP contribution in [0.15, 0.2) is 66.7 Å². The van der Waals surface area contributed by atoms with Crippen molar-refractivity contribution in [3.05, 3.63) is 89.1 Å². The molecule has 0 aliphatic carbocycles. The zero-order chi connectivity index (χ0) is 27.3. The average molecular weight is 524 g/mol. The van der Waals surface area contributed by atoms with Crippen LogP contribution in [0.3, 0.4) is 0 Å². The number of nitrogens with zero attached hydrogens (tertiary/aromatic N) is 2. The quantitative estimate of drug-likeness (QED) is 0.281. The molecule has 6 rings (SSSR count). The first-order valence-corrected chi connectivity index (χ1v) is 13.6. The normalized spacial score (nSPS) is 20.4. The summed E-state index contributed by atoms with van der Waals surface area (Å²) in [6, 6.07) is 21.2. The van der Waals surface area contributed by atoms with E-state index in [0.717, 1.165) is 39.7 Å². The van der Waals surface area contributed by atoms with Crippen molar-refractivity contribution < 1.29 is 19.1 Å². The maximum absolute atomic E-state index is 14.2. The Morgan fingerprint density at radius 3 is 2.51 bits per heavy atom. The lowest BCUT2D eigenvalue weighted by molar-refractivity contribution is -0.125. The number of benzene rings is 3. The van der Waals surface area contributed by atoms with E-state index in [2.05, 4.69) is 18.0 Å². The van der Waals surface area contributed by atoms with Gasteiger partial charge in [-0.15, -0.1) is 0 Å². The number of imide groups is 1. The standard InChI is InChI=1S/C32H33N3O4/c1-5-18-39-26-17-11-14-21(28(26)38-6-2)23-19-34-31(37)35(25-16-10-7-12-20(25)3)30(36)32(34,4)29-27(23)22-13-8-9-15-24(22)33-29/h7-17,23,33H,5-6,18-19H2,1-4H3/t23?,32-/m0/s1. The highest BCUT2D eigenvalue weighted by molar-refractivity contribution is 6.24. The Bertz CT molecular complexity index is 1590. The monoisotopic (exact) mass is 523 g/mol. The summed E-state index contributed by atoms with van der Waals surface area (Å²) < 4.78 is 12.3. The lowest BCUT2D eigenvalue weighted by Crippen LogP contribution is -2.50. The number of urea groups is 1. The molecule has 1 aromatic heterocycles. The molecule has 1 saturated heterocycles. The summed E-state index contributed by atoms with van der Waals surface area (Å²) in [5.74, 6) is 0.894. The number of rotatable bonds is 7. The molecule has 0 saturated carbocycles. The van der Waals surface area contributed by atoms with Crippen LogP contribution in [-0.2, 0) is 10.3 Å². The topological polar surface area (TPSA) is 74.9 Å². The minimum Gasteiger partial charge on any atom is -0.490 e. The van der Waals surface area contributed by atoms with E-state index in [-0.39, 0.29) is 17.9 Å². The summed E-state index contributed by atoms with van der Waals surface area (Å²) in [7, 11) is 0. The Morgan fingerprint density at radius 1 is 0.974 bits per heavy atom. The van der Waals surface area contributed by atoms with E-state index in [0.29, 0.717) is 36.9 Å². The molecule has 0 radical (unpaired) electrons. The number of amides is 3. The highest BCUT2D eigenvalue weighted by atomic mass is 16.5. The highest BCUT2D eigenvalue weighted by Crippen LogP contribution is 2.52. The molecular formula is C32H33N3O4. The molecule has 39 heavy (non-hydrogen) atoms. The smallest absolute Gasteiger partial charge is 0.332 e. The molecule has 4 aromatic rings. The highest BCUT2D eigenvalue weighted by Gasteiger charge is 2.61. The molecule has 7 nitrogen and oxygen atoms in total. The van der Waals surface area contributed by atoms with Gasteiger partial charge >= 0.3 is 6.03 Å². The Hall–Kier alpha value is -4.26. The third kappa shape index (κ3) is 3.63. The summed E-state index contributed by atoms with van der Waals surface area (Å²) in [5, 5.41) is 1.04. The zero-order valence-corrected chi connectivity index (χ0v) is 22.8. The number of hydrogen-bond donors (Lipinski definition) is 1. The second kappa shape index (κ2) is 9.49. The van der Waals surface area contributed by atoms with Gasteiger partial charge in [-0.2, -0.15) is 0 Å². The number of para-hydroxylation sites is 3. The number of hydrogen-bond acceptors (Lipinski definition) is 4. The molecule has 200 valence electrons. The predicted molar refractivity (Wildman–Crippen MR) is 152 cm³/mol. The molecule has 2 aliphatic rings. The molecule has 3 aromatic carbocycles.